The van der Waals surface area contributed by atoms with E-state index in [4.69, 9.17) is 4.74 Å². The molecule has 6 nitrogen and oxygen atoms in total. The number of hydrogen-bond acceptors (Lipinski definition) is 5. The van der Waals surface area contributed by atoms with E-state index in [1.54, 1.807) is 12.1 Å². The number of rotatable bonds is 7. The fourth-order valence-corrected chi connectivity index (χ4v) is 4.66. The van der Waals surface area contributed by atoms with Crippen LogP contribution in [-0.4, -0.2) is 44.0 Å². The lowest BCUT2D eigenvalue weighted by molar-refractivity contribution is 0.0730. The van der Waals surface area contributed by atoms with Crippen LogP contribution < -0.4 is 5.32 Å². The summed E-state index contributed by atoms with van der Waals surface area (Å²) in [7, 11) is -3.52. The molecule has 1 aromatic heterocycles. The summed E-state index contributed by atoms with van der Waals surface area (Å²) < 4.78 is 32.1. The molecular weight excluding hydrogens is 374 g/mol. The van der Waals surface area contributed by atoms with Gasteiger partial charge in [-0.1, -0.05) is 45.0 Å². The number of morpholine rings is 1. The van der Waals surface area contributed by atoms with E-state index in [1.807, 2.05) is 0 Å². The van der Waals surface area contributed by atoms with Crippen molar-refractivity contribution in [3.63, 3.8) is 0 Å². The van der Waals surface area contributed by atoms with Crippen LogP contribution in [0.25, 0.3) is 0 Å². The number of pyridine rings is 1. The summed E-state index contributed by atoms with van der Waals surface area (Å²) in [6, 6.07) is 12.1. The number of hydrogen-bond donors (Lipinski definition) is 1. The van der Waals surface area contributed by atoms with Gasteiger partial charge in [-0.05, 0) is 35.6 Å². The van der Waals surface area contributed by atoms with Crippen LogP contribution in [0.5, 0.6) is 0 Å². The molecule has 1 saturated heterocycles. The SMILES string of the molecule is CCc1ccc([C@@H](Nc2ccc(S(=O)(=O)N3CCOCC3)cn2)C(C)C)cc1. The zero-order valence-electron chi connectivity index (χ0n) is 16.8. The highest BCUT2D eigenvalue weighted by atomic mass is 32.2. The first-order valence-electron chi connectivity index (χ1n) is 9.81. The molecule has 0 aliphatic carbocycles. The molecule has 28 heavy (non-hydrogen) atoms. The van der Waals surface area contributed by atoms with Crippen molar-refractivity contribution < 1.29 is 13.2 Å². The summed E-state index contributed by atoms with van der Waals surface area (Å²) in [5.41, 5.74) is 2.50. The maximum absolute atomic E-state index is 12.7. The molecule has 1 fully saturated rings. The van der Waals surface area contributed by atoms with Crippen molar-refractivity contribution >= 4 is 15.8 Å². The molecule has 2 heterocycles. The average Bonchev–Trinajstić information content (AvgIpc) is 2.73. The minimum Gasteiger partial charge on any atom is -0.379 e. The first-order valence-corrected chi connectivity index (χ1v) is 11.2. The Labute approximate surface area is 168 Å². The first kappa shape index (κ1) is 20.8. The summed E-state index contributed by atoms with van der Waals surface area (Å²) >= 11 is 0. The van der Waals surface area contributed by atoms with Gasteiger partial charge in [-0.25, -0.2) is 13.4 Å². The Balaban J connectivity index is 1.76. The maximum atomic E-state index is 12.7. The van der Waals surface area contributed by atoms with Crippen LogP contribution in [0.1, 0.15) is 37.9 Å². The van der Waals surface area contributed by atoms with Crippen molar-refractivity contribution in [3.05, 3.63) is 53.7 Å². The van der Waals surface area contributed by atoms with Gasteiger partial charge in [0.2, 0.25) is 10.0 Å². The van der Waals surface area contributed by atoms with E-state index >= 15 is 0 Å². The lowest BCUT2D eigenvalue weighted by Crippen LogP contribution is -2.40. The third-order valence-electron chi connectivity index (χ3n) is 5.06. The third-order valence-corrected chi connectivity index (χ3v) is 6.94. The molecule has 152 valence electrons. The summed E-state index contributed by atoms with van der Waals surface area (Å²) in [5, 5.41) is 3.45. The van der Waals surface area contributed by atoms with Crippen LogP contribution in [0.3, 0.4) is 0 Å². The standard InChI is InChI=1S/C21H29N3O3S/c1-4-17-5-7-18(8-6-17)21(16(2)3)23-20-10-9-19(15-22-20)28(25,26)24-11-13-27-14-12-24/h5-10,15-16,21H,4,11-14H2,1-3H3,(H,22,23)/t21-/m0/s1. The summed E-state index contributed by atoms with van der Waals surface area (Å²) in [4.78, 5) is 4.59. The van der Waals surface area contributed by atoms with Gasteiger partial charge in [-0.15, -0.1) is 0 Å². The monoisotopic (exact) mass is 403 g/mol. The predicted molar refractivity (Wildman–Crippen MR) is 111 cm³/mol. The number of benzene rings is 1. The number of sulfonamides is 1. The fraction of sp³-hybridized carbons (Fsp3) is 0.476. The molecule has 2 aromatic rings. The minimum absolute atomic E-state index is 0.0973. The van der Waals surface area contributed by atoms with Crippen LogP contribution in [0, 0.1) is 5.92 Å². The predicted octanol–water partition coefficient (Wildman–Crippen LogP) is 3.47. The minimum atomic E-state index is -3.52. The van der Waals surface area contributed by atoms with Crippen LogP contribution >= 0.6 is 0 Å². The highest BCUT2D eigenvalue weighted by Crippen LogP contribution is 2.27. The van der Waals surface area contributed by atoms with E-state index in [1.165, 1.54) is 21.6 Å². The first-order chi connectivity index (χ1) is 13.4. The Bertz CT molecular complexity index is 859. The topological polar surface area (TPSA) is 71.5 Å². The molecule has 1 aliphatic heterocycles. The van der Waals surface area contributed by atoms with Gasteiger partial charge in [0.1, 0.15) is 10.7 Å². The van der Waals surface area contributed by atoms with Crippen LogP contribution in [0.15, 0.2) is 47.5 Å². The molecule has 0 bridgehead atoms. The number of anilines is 1. The van der Waals surface area contributed by atoms with Gasteiger partial charge in [0.25, 0.3) is 0 Å². The van der Waals surface area contributed by atoms with Gasteiger partial charge in [0.15, 0.2) is 0 Å². The molecule has 0 unspecified atom stereocenters. The highest BCUT2D eigenvalue weighted by Gasteiger charge is 2.26. The molecule has 0 amide bonds. The van der Waals surface area contributed by atoms with Gasteiger partial charge in [-0.3, -0.25) is 0 Å². The summed E-state index contributed by atoms with van der Waals surface area (Å²) in [6.07, 6.45) is 2.45. The Morgan fingerprint density at radius 1 is 1.11 bits per heavy atom. The van der Waals surface area contributed by atoms with E-state index in [0.29, 0.717) is 38.0 Å². The molecule has 7 heteroatoms. The molecule has 3 rings (SSSR count). The highest BCUT2D eigenvalue weighted by molar-refractivity contribution is 7.89. The molecule has 1 aromatic carbocycles. The Hall–Kier alpha value is -1.96. The summed E-state index contributed by atoms with van der Waals surface area (Å²) in [6.45, 7) is 8.07. The van der Waals surface area contributed by atoms with Crippen molar-refractivity contribution in [2.45, 2.75) is 38.1 Å². The van der Waals surface area contributed by atoms with Gasteiger partial charge in [0, 0.05) is 19.3 Å². The number of aromatic nitrogens is 1. The lowest BCUT2D eigenvalue weighted by Gasteiger charge is -2.26. The second-order valence-electron chi connectivity index (χ2n) is 7.36. The number of ether oxygens (including phenoxy) is 1. The third kappa shape index (κ3) is 4.71. The zero-order valence-corrected chi connectivity index (χ0v) is 17.6. The van der Waals surface area contributed by atoms with Gasteiger partial charge >= 0.3 is 0 Å². The average molecular weight is 404 g/mol. The van der Waals surface area contributed by atoms with E-state index in [0.717, 1.165) is 6.42 Å². The van der Waals surface area contributed by atoms with E-state index < -0.39 is 10.0 Å². The molecule has 0 saturated carbocycles. The normalized spacial score (nSPS) is 16.9. The van der Waals surface area contributed by atoms with E-state index in [2.05, 4.69) is 55.3 Å². The van der Waals surface area contributed by atoms with Crippen LogP contribution in [0.4, 0.5) is 5.82 Å². The molecule has 1 atom stereocenters. The molecular formula is C21H29N3O3S. The lowest BCUT2D eigenvalue weighted by atomic mass is 9.95. The molecule has 0 spiro atoms. The second kappa shape index (κ2) is 9.03. The number of nitrogens with one attached hydrogen (secondary N) is 1. The summed E-state index contributed by atoms with van der Waals surface area (Å²) in [5.74, 6) is 1.02. The molecule has 1 aliphatic rings. The Kier molecular flexibility index (Phi) is 6.69. The fourth-order valence-electron chi connectivity index (χ4n) is 3.31. The largest absolute Gasteiger partial charge is 0.379 e. The van der Waals surface area contributed by atoms with Crippen molar-refractivity contribution in [3.8, 4) is 0 Å². The van der Waals surface area contributed by atoms with Gasteiger partial charge < -0.3 is 10.1 Å². The number of nitrogens with zero attached hydrogens (tertiary/aromatic N) is 2. The Morgan fingerprint density at radius 2 is 1.79 bits per heavy atom. The van der Waals surface area contributed by atoms with Crippen molar-refractivity contribution in [2.75, 3.05) is 31.6 Å². The molecule has 0 radical (unpaired) electrons. The van der Waals surface area contributed by atoms with Gasteiger partial charge in [-0.2, -0.15) is 4.31 Å². The van der Waals surface area contributed by atoms with Gasteiger partial charge in [0.05, 0.1) is 19.3 Å². The quantitative estimate of drug-likeness (QED) is 0.766. The molecule has 1 N–H and O–H groups in total. The maximum Gasteiger partial charge on any atom is 0.244 e. The van der Waals surface area contributed by atoms with Crippen molar-refractivity contribution in [2.24, 2.45) is 5.92 Å². The Morgan fingerprint density at radius 3 is 2.32 bits per heavy atom. The van der Waals surface area contributed by atoms with Crippen molar-refractivity contribution in [1.29, 1.82) is 0 Å². The van der Waals surface area contributed by atoms with Crippen LogP contribution in [0.2, 0.25) is 0 Å². The van der Waals surface area contributed by atoms with Crippen LogP contribution in [-0.2, 0) is 21.2 Å². The van der Waals surface area contributed by atoms with E-state index in [-0.39, 0.29) is 10.9 Å². The smallest absolute Gasteiger partial charge is 0.244 e. The number of aryl methyl sites for hydroxylation is 1. The van der Waals surface area contributed by atoms with Crippen molar-refractivity contribution in [1.82, 2.24) is 9.29 Å². The second-order valence-corrected chi connectivity index (χ2v) is 9.29. The van der Waals surface area contributed by atoms with E-state index in [9.17, 15) is 8.42 Å². The zero-order chi connectivity index (χ0) is 20.1.